The minimum Gasteiger partial charge on any atom is -0.493 e. The smallest absolute Gasteiger partial charge is 0.298 e. The lowest BCUT2D eigenvalue weighted by atomic mass is 10.2. The second-order valence-corrected chi connectivity index (χ2v) is 7.06. The van der Waals surface area contributed by atoms with Gasteiger partial charge in [0.2, 0.25) is 0 Å². The number of methoxy groups -OCH3 is 2. The van der Waals surface area contributed by atoms with Gasteiger partial charge in [-0.15, -0.1) is 0 Å². The molecule has 0 saturated heterocycles. The van der Waals surface area contributed by atoms with E-state index in [-0.39, 0.29) is 5.56 Å². The first-order valence-electron chi connectivity index (χ1n) is 8.49. The predicted octanol–water partition coefficient (Wildman–Crippen LogP) is 3.85. The number of hydrogen-bond donors (Lipinski definition) is 1. The third-order valence-electron chi connectivity index (χ3n) is 4.47. The Morgan fingerprint density at radius 2 is 2.04 bits per heavy atom. The van der Waals surface area contributed by atoms with Crippen LogP contribution in [0.4, 0.5) is 0 Å². The van der Waals surface area contributed by atoms with Gasteiger partial charge in [0.15, 0.2) is 11.5 Å². The first-order valence-corrected chi connectivity index (χ1v) is 9.28. The second kappa shape index (κ2) is 7.12. The number of fused-ring (bicyclic) bond motifs is 3. The molecule has 2 aromatic heterocycles. The average molecular weight is 441 g/mol. The van der Waals surface area contributed by atoms with E-state index in [9.17, 15) is 4.79 Å². The summed E-state index contributed by atoms with van der Waals surface area (Å²) >= 11 is 3.46. The predicted molar refractivity (Wildman–Crippen MR) is 113 cm³/mol. The zero-order valence-electron chi connectivity index (χ0n) is 15.5. The molecule has 2 heterocycles. The van der Waals surface area contributed by atoms with Gasteiger partial charge in [-0.3, -0.25) is 4.79 Å². The van der Waals surface area contributed by atoms with Crippen molar-refractivity contribution in [2.75, 3.05) is 14.2 Å². The molecule has 0 amide bonds. The fraction of sp³-hybridized carbons (Fsp3) is 0.150. The molecule has 4 aromatic rings. The third-order valence-corrected chi connectivity index (χ3v) is 4.96. The standard InChI is InChI=1S/C20H17BrN4O3/c1-11-23-17-14-9-13(21)7-8-15(14)24-18(17)20(26)25(11)22-10-12-5-4-6-16(27-2)19(12)28-3/h4-10,24H,1-3H3/b22-10+. The van der Waals surface area contributed by atoms with Gasteiger partial charge in [-0.25, -0.2) is 4.98 Å². The average Bonchev–Trinajstić information content (AvgIpc) is 3.05. The zero-order valence-corrected chi connectivity index (χ0v) is 17.1. The van der Waals surface area contributed by atoms with Crippen LogP contribution < -0.4 is 15.0 Å². The Bertz CT molecular complexity index is 1290. The van der Waals surface area contributed by atoms with Gasteiger partial charge in [-0.05, 0) is 37.3 Å². The molecule has 7 nitrogen and oxygen atoms in total. The number of rotatable bonds is 4. The quantitative estimate of drug-likeness (QED) is 0.488. The number of para-hydroxylation sites is 1. The summed E-state index contributed by atoms with van der Waals surface area (Å²) in [4.78, 5) is 20.8. The Morgan fingerprint density at radius 1 is 1.21 bits per heavy atom. The van der Waals surface area contributed by atoms with E-state index < -0.39 is 0 Å². The summed E-state index contributed by atoms with van der Waals surface area (Å²) in [6.07, 6.45) is 1.56. The largest absolute Gasteiger partial charge is 0.493 e. The van der Waals surface area contributed by atoms with Gasteiger partial charge in [0.25, 0.3) is 5.56 Å². The Labute approximate surface area is 168 Å². The lowest BCUT2D eigenvalue weighted by molar-refractivity contribution is 0.354. The number of halogens is 1. The van der Waals surface area contributed by atoms with Crippen LogP contribution in [0.15, 0.2) is 50.8 Å². The van der Waals surface area contributed by atoms with Gasteiger partial charge in [0.1, 0.15) is 16.9 Å². The van der Waals surface area contributed by atoms with E-state index in [1.54, 1.807) is 33.4 Å². The van der Waals surface area contributed by atoms with Gasteiger partial charge in [0, 0.05) is 20.9 Å². The molecule has 0 atom stereocenters. The van der Waals surface area contributed by atoms with Crippen molar-refractivity contribution in [3.63, 3.8) is 0 Å². The van der Waals surface area contributed by atoms with Crippen LogP contribution in [0.2, 0.25) is 0 Å². The number of benzene rings is 2. The summed E-state index contributed by atoms with van der Waals surface area (Å²) in [7, 11) is 3.13. The molecule has 0 spiro atoms. The molecular weight excluding hydrogens is 424 g/mol. The minimum atomic E-state index is -0.270. The van der Waals surface area contributed by atoms with Crippen LogP contribution >= 0.6 is 15.9 Å². The maximum absolute atomic E-state index is 13.0. The Morgan fingerprint density at radius 3 is 2.79 bits per heavy atom. The fourth-order valence-electron chi connectivity index (χ4n) is 3.15. The molecule has 0 unspecified atom stereocenters. The van der Waals surface area contributed by atoms with E-state index in [2.05, 4.69) is 31.0 Å². The number of aromatic nitrogens is 3. The van der Waals surface area contributed by atoms with Crippen LogP contribution in [0.1, 0.15) is 11.4 Å². The van der Waals surface area contributed by atoms with Gasteiger partial charge in [-0.1, -0.05) is 22.0 Å². The van der Waals surface area contributed by atoms with Crippen LogP contribution in [0.3, 0.4) is 0 Å². The molecule has 1 N–H and O–H groups in total. The van der Waals surface area contributed by atoms with E-state index in [4.69, 9.17) is 9.47 Å². The summed E-state index contributed by atoms with van der Waals surface area (Å²) < 4.78 is 12.9. The van der Waals surface area contributed by atoms with E-state index in [1.807, 2.05) is 30.3 Å². The maximum Gasteiger partial charge on any atom is 0.298 e. The van der Waals surface area contributed by atoms with Gasteiger partial charge in [-0.2, -0.15) is 9.78 Å². The lowest BCUT2D eigenvalue weighted by Gasteiger charge is -2.09. The van der Waals surface area contributed by atoms with E-state index in [0.717, 1.165) is 15.4 Å². The number of aromatic amines is 1. The van der Waals surface area contributed by atoms with Crippen LogP contribution in [0.5, 0.6) is 11.5 Å². The molecule has 8 heteroatoms. The van der Waals surface area contributed by atoms with E-state index >= 15 is 0 Å². The highest BCUT2D eigenvalue weighted by Crippen LogP contribution is 2.29. The zero-order chi connectivity index (χ0) is 19.8. The first-order chi connectivity index (χ1) is 13.5. The van der Waals surface area contributed by atoms with Crippen LogP contribution in [0.25, 0.3) is 21.9 Å². The first kappa shape index (κ1) is 18.2. The number of H-pyrrole nitrogens is 1. The molecule has 0 aliphatic carbocycles. The van der Waals surface area contributed by atoms with Crippen molar-refractivity contribution in [2.45, 2.75) is 6.92 Å². The van der Waals surface area contributed by atoms with Gasteiger partial charge < -0.3 is 14.5 Å². The number of hydrogen-bond acceptors (Lipinski definition) is 5. The molecule has 2 aromatic carbocycles. The number of nitrogens with one attached hydrogen (secondary N) is 1. The summed E-state index contributed by atoms with van der Waals surface area (Å²) in [6.45, 7) is 1.75. The van der Waals surface area contributed by atoms with Gasteiger partial charge in [0.05, 0.1) is 20.4 Å². The second-order valence-electron chi connectivity index (χ2n) is 6.14. The van der Waals surface area contributed by atoms with Crippen molar-refractivity contribution in [3.8, 4) is 11.5 Å². The Hall–Kier alpha value is -3.13. The molecular formula is C20H17BrN4O3. The summed E-state index contributed by atoms with van der Waals surface area (Å²) in [5.74, 6) is 1.62. The lowest BCUT2D eigenvalue weighted by Crippen LogP contribution is -2.20. The van der Waals surface area contributed by atoms with Crippen molar-refractivity contribution in [3.05, 3.63) is 62.6 Å². The Balaban J connectivity index is 1.87. The molecule has 0 bridgehead atoms. The van der Waals surface area contributed by atoms with Crippen molar-refractivity contribution < 1.29 is 9.47 Å². The third kappa shape index (κ3) is 2.95. The fourth-order valence-corrected chi connectivity index (χ4v) is 3.51. The van der Waals surface area contributed by atoms with Crippen molar-refractivity contribution in [1.29, 1.82) is 0 Å². The van der Waals surface area contributed by atoms with Crippen molar-refractivity contribution >= 4 is 44.1 Å². The molecule has 28 heavy (non-hydrogen) atoms. The molecule has 142 valence electrons. The molecule has 0 radical (unpaired) electrons. The molecule has 0 aliphatic heterocycles. The van der Waals surface area contributed by atoms with Crippen molar-refractivity contribution in [1.82, 2.24) is 14.6 Å². The highest BCUT2D eigenvalue weighted by Gasteiger charge is 2.14. The molecule has 4 rings (SSSR count). The SMILES string of the molecule is COc1cccc(/C=N/n2c(C)nc3c([nH]c4ccc(Br)cc43)c2=O)c1OC. The Kier molecular flexibility index (Phi) is 4.64. The van der Waals surface area contributed by atoms with Gasteiger partial charge >= 0.3 is 0 Å². The van der Waals surface area contributed by atoms with E-state index in [0.29, 0.717) is 33.9 Å². The highest BCUT2D eigenvalue weighted by molar-refractivity contribution is 9.10. The maximum atomic E-state index is 13.0. The highest BCUT2D eigenvalue weighted by atomic mass is 79.9. The summed E-state index contributed by atoms with van der Waals surface area (Å²) in [6, 6.07) is 11.2. The normalized spacial score (nSPS) is 11.6. The molecule has 0 aliphatic rings. The van der Waals surface area contributed by atoms with Crippen LogP contribution in [-0.2, 0) is 0 Å². The summed E-state index contributed by atoms with van der Waals surface area (Å²) in [5.41, 5.74) is 2.30. The van der Waals surface area contributed by atoms with Crippen LogP contribution in [-0.4, -0.2) is 35.1 Å². The molecule has 0 fully saturated rings. The monoisotopic (exact) mass is 440 g/mol. The summed E-state index contributed by atoms with van der Waals surface area (Å²) in [5, 5.41) is 5.23. The van der Waals surface area contributed by atoms with Crippen LogP contribution in [0, 0.1) is 6.92 Å². The van der Waals surface area contributed by atoms with Crippen molar-refractivity contribution in [2.24, 2.45) is 5.10 Å². The number of aryl methyl sites for hydroxylation is 1. The topological polar surface area (TPSA) is 81.5 Å². The number of nitrogens with zero attached hydrogens (tertiary/aromatic N) is 3. The minimum absolute atomic E-state index is 0.270. The molecule has 0 saturated carbocycles. The van der Waals surface area contributed by atoms with E-state index in [1.165, 1.54) is 4.68 Å². The number of ether oxygens (including phenoxy) is 2.